The first-order valence-electron chi connectivity index (χ1n) is 9.59. The summed E-state index contributed by atoms with van der Waals surface area (Å²) in [5.41, 5.74) is 4.48. The molecule has 0 radical (unpaired) electrons. The minimum Gasteiger partial charge on any atom is -0.293 e. The Kier molecular flexibility index (Phi) is 4.52. The van der Waals surface area contributed by atoms with Crippen LogP contribution in [0.3, 0.4) is 0 Å². The predicted octanol–water partition coefficient (Wildman–Crippen LogP) is 3.77. The fourth-order valence-electron chi connectivity index (χ4n) is 3.57. The minimum absolute atomic E-state index is 0.168. The number of nitrogens with zero attached hydrogens (tertiary/aromatic N) is 6. The highest BCUT2D eigenvalue weighted by Gasteiger charge is 2.19. The summed E-state index contributed by atoms with van der Waals surface area (Å²) in [5, 5.41) is 13.9. The highest BCUT2D eigenvalue weighted by atomic mass is 35.5. The van der Waals surface area contributed by atoms with Crippen LogP contribution in [0.15, 0.2) is 65.7 Å². The highest BCUT2D eigenvalue weighted by Crippen LogP contribution is 2.28. The molecule has 5 aromatic rings. The molecule has 0 amide bonds. The van der Waals surface area contributed by atoms with Crippen molar-refractivity contribution in [3.8, 4) is 11.1 Å². The van der Waals surface area contributed by atoms with Crippen molar-refractivity contribution < 1.29 is 0 Å². The van der Waals surface area contributed by atoms with E-state index in [4.69, 9.17) is 11.6 Å². The van der Waals surface area contributed by atoms with E-state index in [9.17, 15) is 4.79 Å². The van der Waals surface area contributed by atoms with E-state index in [2.05, 4.69) is 20.3 Å². The molecule has 30 heavy (non-hydrogen) atoms. The van der Waals surface area contributed by atoms with Gasteiger partial charge in [0, 0.05) is 5.02 Å². The lowest BCUT2D eigenvalue weighted by Crippen LogP contribution is -2.23. The average Bonchev–Trinajstić information content (AvgIpc) is 3.16. The molecule has 7 nitrogen and oxygen atoms in total. The monoisotopic (exact) mass is 416 g/mol. The second kappa shape index (κ2) is 7.35. The van der Waals surface area contributed by atoms with Crippen molar-refractivity contribution in [2.75, 3.05) is 0 Å². The molecule has 3 heterocycles. The van der Waals surface area contributed by atoms with Crippen molar-refractivity contribution in [1.29, 1.82) is 0 Å². The molecule has 3 aromatic heterocycles. The van der Waals surface area contributed by atoms with E-state index < -0.39 is 0 Å². The van der Waals surface area contributed by atoms with Gasteiger partial charge in [0.1, 0.15) is 6.33 Å². The fraction of sp³-hybridized carbons (Fsp3) is 0.136. The Bertz CT molecular complexity index is 1440. The van der Waals surface area contributed by atoms with Gasteiger partial charge in [0.15, 0.2) is 16.8 Å². The molecule has 148 valence electrons. The molecule has 0 N–H and O–H groups in total. The topological polar surface area (TPSA) is 78.0 Å². The third kappa shape index (κ3) is 2.95. The number of halogens is 1. The first-order chi connectivity index (χ1) is 14.7. The maximum Gasteiger partial charge on any atom is 0.283 e. The van der Waals surface area contributed by atoms with Crippen molar-refractivity contribution in [2.45, 2.75) is 19.9 Å². The molecular formula is C22H17ClN6O. The Morgan fingerprint density at radius 3 is 2.50 bits per heavy atom. The summed E-state index contributed by atoms with van der Waals surface area (Å²) in [6, 6.07) is 17.3. The molecule has 0 atom stereocenters. The largest absolute Gasteiger partial charge is 0.293 e. The standard InChI is InChI=1S/C22H17ClN6O/c1-2-17-18(14-8-4-3-5-9-14)20-26-25-19-21(29(20)27-17)24-13-28(22(19)30)12-15-10-6-7-11-16(15)23/h3-11,13H,2,12H2,1H3. The van der Waals surface area contributed by atoms with Crippen molar-refractivity contribution in [3.63, 3.8) is 0 Å². The first kappa shape index (κ1) is 18.4. The lowest BCUT2D eigenvalue weighted by Gasteiger charge is -2.08. The van der Waals surface area contributed by atoms with Gasteiger partial charge in [-0.15, -0.1) is 10.2 Å². The molecule has 0 aliphatic heterocycles. The fourth-order valence-corrected chi connectivity index (χ4v) is 3.77. The SMILES string of the molecule is CCc1nn2c(nnc3c(=O)n(Cc4ccccc4Cl)cnc32)c1-c1ccccc1. The molecule has 0 bridgehead atoms. The zero-order valence-electron chi connectivity index (χ0n) is 16.2. The normalized spacial score (nSPS) is 11.4. The molecule has 0 saturated carbocycles. The number of hydrogen-bond acceptors (Lipinski definition) is 5. The van der Waals surface area contributed by atoms with Crippen LogP contribution < -0.4 is 5.56 Å². The van der Waals surface area contributed by atoms with Crippen LogP contribution >= 0.6 is 11.6 Å². The Balaban J connectivity index is 1.70. The molecular weight excluding hydrogens is 400 g/mol. The number of hydrogen-bond donors (Lipinski definition) is 0. The third-order valence-electron chi connectivity index (χ3n) is 5.07. The molecule has 0 saturated heterocycles. The van der Waals surface area contributed by atoms with Crippen LogP contribution in [-0.4, -0.2) is 29.4 Å². The highest BCUT2D eigenvalue weighted by molar-refractivity contribution is 6.31. The van der Waals surface area contributed by atoms with Gasteiger partial charge in [0.25, 0.3) is 5.56 Å². The zero-order chi connectivity index (χ0) is 20.7. The third-order valence-corrected chi connectivity index (χ3v) is 5.44. The average molecular weight is 417 g/mol. The molecule has 2 aromatic carbocycles. The summed E-state index contributed by atoms with van der Waals surface area (Å²) >= 11 is 6.24. The Labute approximate surface area is 176 Å². The van der Waals surface area contributed by atoms with E-state index in [1.165, 1.54) is 10.9 Å². The lowest BCUT2D eigenvalue weighted by molar-refractivity contribution is 0.736. The van der Waals surface area contributed by atoms with Gasteiger partial charge >= 0.3 is 0 Å². The van der Waals surface area contributed by atoms with Crippen molar-refractivity contribution in [3.05, 3.63) is 87.6 Å². The Hall–Kier alpha value is -3.58. The van der Waals surface area contributed by atoms with E-state index >= 15 is 0 Å². The Morgan fingerprint density at radius 1 is 0.967 bits per heavy atom. The molecule has 8 heteroatoms. The number of benzene rings is 2. The first-order valence-corrected chi connectivity index (χ1v) is 9.97. The van der Waals surface area contributed by atoms with Gasteiger partial charge in [-0.25, -0.2) is 4.98 Å². The molecule has 0 spiro atoms. The maximum atomic E-state index is 13.1. The van der Waals surface area contributed by atoms with Crippen LogP contribution in [0.4, 0.5) is 0 Å². The van der Waals surface area contributed by atoms with E-state index in [0.717, 1.165) is 28.8 Å². The number of rotatable bonds is 4. The summed E-state index contributed by atoms with van der Waals surface area (Å²) in [4.78, 5) is 17.6. The quantitative estimate of drug-likeness (QED) is 0.445. The van der Waals surface area contributed by atoms with Crippen LogP contribution in [0.1, 0.15) is 18.2 Å². The number of aryl methyl sites for hydroxylation is 1. The van der Waals surface area contributed by atoms with Crippen molar-refractivity contribution >= 4 is 28.4 Å². The molecule has 5 rings (SSSR count). The van der Waals surface area contributed by atoms with Gasteiger partial charge in [0.05, 0.1) is 17.8 Å². The van der Waals surface area contributed by atoms with Crippen LogP contribution in [0.2, 0.25) is 5.02 Å². The van der Waals surface area contributed by atoms with E-state index in [1.54, 1.807) is 10.6 Å². The van der Waals surface area contributed by atoms with Gasteiger partial charge in [0.2, 0.25) is 0 Å². The summed E-state index contributed by atoms with van der Waals surface area (Å²) in [5.74, 6) is 0. The molecule has 0 unspecified atom stereocenters. The van der Waals surface area contributed by atoms with Crippen LogP contribution in [0.5, 0.6) is 0 Å². The molecule has 0 aliphatic rings. The summed E-state index contributed by atoms with van der Waals surface area (Å²) in [6.45, 7) is 2.34. The van der Waals surface area contributed by atoms with Gasteiger partial charge < -0.3 is 0 Å². The minimum atomic E-state index is -0.288. The summed E-state index contributed by atoms with van der Waals surface area (Å²) < 4.78 is 3.09. The second-order valence-electron chi connectivity index (χ2n) is 6.92. The van der Waals surface area contributed by atoms with Gasteiger partial charge in [-0.1, -0.05) is 67.1 Å². The van der Waals surface area contributed by atoms with Gasteiger partial charge in [-0.05, 0) is 23.6 Å². The molecule has 0 fully saturated rings. The molecule has 0 aliphatic carbocycles. The van der Waals surface area contributed by atoms with Crippen molar-refractivity contribution in [1.82, 2.24) is 29.4 Å². The maximum absolute atomic E-state index is 13.1. The van der Waals surface area contributed by atoms with Crippen LogP contribution in [-0.2, 0) is 13.0 Å². The lowest BCUT2D eigenvalue weighted by atomic mass is 10.0. The smallest absolute Gasteiger partial charge is 0.283 e. The van der Waals surface area contributed by atoms with E-state index in [1.807, 2.05) is 55.5 Å². The number of fused-ring (bicyclic) bond motifs is 3. The van der Waals surface area contributed by atoms with Crippen molar-refractivity contribution in [2.24, 2.45) is 0 Å². The predicted molar refractivity (Wildman–Crippen MR) is 116 cm³/mol. The van der Waals surface area contributed by atoms with E-state index in [0.29, 0.717) is 22.9 Å². The van der Waals surface area contributed by atoms with E-state index in [-0.39, 0.29) is 11.1 Å². The van der Waals surface area contributed by atoms with Crippen LogP contribution in [0, 0.1) is 0 Å². The van der Waals surface area contributed by atoms with Crippen LogP contribution in [0.25, 0.3) is 27.9 Å². The Morgan fingerprint density at radius 2 is 1.73 bits per heavy atom. The zero-order valence-corrected chi connectivity index (χ0v) is 16.9. The summed E-state index contributed by atoms with van der Waals surface area (Å²) in [7, 11) is 0. The number of aromatic nitrogens is 6. The summed E-state index contributed by atoms with van der Waals surface area (Å²) in [6.07, 6.45) is 2.23. The van der Waals surface area contributed by atoms with Gasteiger partial charge in [-0.2, -0.15) is 9.61 Å². The second-order valence-corrected chi connectivity index (χ2v) is 7.33. The van der Waals surface area contributed by atoms with Gasteiger partial charge in [-0.3, -0.25) is 9.36 Å².